The normalized spacial score (nSPS) is 34.7. The molecule has 7 atom stereocenters. The van der Waals surface area contributed by atoms with E-state index in [9.17, 15) is 5.11 Å². The van der Waals surface area contributed by atoms with E-state index in [2.05, 4.69) is 127 Å². The minimum Gasteiger partial charge on any atom is -0.413 e. The zero-order valence-electron chi connectivity index (χ0n) is 34.1. The Morgan fingerprint density at radius 1 is 0.875 bits per heavy atom. The second-order valence-corrected chi connectivity index (χ2v) is 30.0. The molecule has 1 N–H and O–H groups in total. The fourth-order valence-electron chi connectivity index (χ4n) is 9.02. The van der Waals surface area contributed by atoms with Gasteiger partial charge in [0.2, 0.25) is 0 Å². The van der Waals surface area contributed by atoms with Crippen molar-refractivity contribution in [2.24, 2.45) is 34.5 Å². The molecule has 3 nitrogen and oxygen atoms in total. The Morgan fingerprint density at radius 3 is 2.00 bits per heavy atom. The zero-order chi connectivity index (χ0) is 36.3. The predicted octanol–water partition coefficient (Wildman–Crippen LogP) is 12.6. The summed E-state index contributed by atoms with van der Waals surface area (Å²) in [7, 11) is -3.95. The van der Waals surface area contributed by atoms with Crippen LogP contribution in [0.1, 0.15) is 134 Å². The van der Waals surface area contributed by atoms with Gasteiger partial charge in [0, 0.05) is 6.42 Å². The molecule has 4 aliphatic rings. The highest BCUT2D eigenvalue weighted by molar-refractivity contribution is 6.74. The molecule has 4 saturated carbocycles. The molecule has 4 unspecified atom stereocenters. The van der Waals surface area contributed by atoms with Crippen LogP contribution in [0.4, 0.5) is 0 Å². The van der Waals surface area contributed by atoms with Gasteiger partial charge in [-0.05, 0) is 133 Å². The Labute approximate surface area is 299 Å². The van der Waals surface area contributed by atoms with Crippen LogP contribution in [-0.4, -0.2) is 39.6 Å². The van der Waals surface area contributed by atoms with Gasteiger partial charge in [-0.25, -0.2) is 0 Å². The van der Waals surface area contributed by atoms with Crippen LogP contribution in [0.15, 0.2) is 47.6 Å². The molecule has 0 bridgehead atoms. The molecule has 0 aliphatic heterocycles. The molecule has 4 aliphatic carbocycles. The van der Waals surface area contributed by atoms with Crippen molar-refractivity contribution in [3.63, 3.8) is 0 Å². The van der Waals surface area contributed by atoms with Crippen molar-refractivity contribution in [1.82, 2.24) is 0 Å². The summed E-state index contributed by atoms with van der Waals surface area (Å²) in [6.07, 6.45) is 20.1. The maximum atomic E-state index is 11.5. The topological polar surface area (TPSA) is 38.7 Å². The molecule has 0 spiro atoms. The fraction of sp³-hybridized carbons (Fsp3) is 0.814. The monoisotopic (exact) mass is 697 g/mol. The summed E-state index contributed by atoms with van der Waals surface area (Å²) in [5.74, 6) is 1.78. The summed E-state index contributed by atoms with van der Waals surface area (Å²) in [6, 6.07) is 0. The number of rotatable bonds is 10. The molecule has 4 fully saturated rings. The summed E-state index contributed by atoms with van der Waals surface area (Å²) >= 11 is 0. The molecule has 0 heterocycles. The summed E-state index contributed by atoms with van der Waals surface area (Å²) in [4.78, 5) is 0. The van der Waals surface area contributed by atoms with E-state index in [1.807, 2.05) is 0 Å². The molecule has 48 heavy (non-hydrogen) atoms. The quantitative estimate of drug-likeness (QED) is 0.182. The van der Waals surface area contributed by atoms with Gasteiger partial charge in [-0.1, -0.05) is 113 Å². The first kappa shape index (κ1) is 40.1. The maximum Gasteiger partial charge on any atom is 0.192 e. The highest BCUT2D eigenvalue weighted by Gasteiger charge is 2.58. The minimum atomic E-state index is -2.00. The van der Waals surface area contributed by atoms with Gasteiger partial charge in [-0.15, -0.1) is 0 Å². The summed E-state index contributed by atoms with van der Waals surface area (Å²) in [6.45, 7) is 40.2. The number of hydrogen-bond acceptors (Lipinski definition) is 3. The van der Waals surface area contributed by atoms with Gasteiger partial charge in [0.1, 0.15) is 0 Å². The van der Waals surface area contributed by atoms with Crippen molar-refractivity contribution in [3.8, 4) is 0 Å². The SMILES string of the molecule is C=C1C(=CC=C2CCC[C@]3(C)C(C(C)C=C[C@@](O)(C(C)C)C4CC4)CC[C@@]23C)CC(O[Si](C)(C)C(C)(C)C)CC1O[Si](C)(C)C(C)(C)C. The van der Waals surface area contributed by atoms with Gasteiger partial charge in [-0.3, -0.25) is 0 Å². The standard InChI is InChI=1S/C43H76O3Si2/c1-30(2)43(44,35-21-22-35)27-23-31(3)37-24-26-41(11)34(18-17-25-42(37,41)12)20-19-33-28-36(45-47(13,14)39(5,6)7)29-38(32(33)4)46-48(15,16)40(8,9)10/h19-20,23,27,30-31,35-38,44H,4,17-18,21-22,24-26,28-29H2,1-3,5-16H3/t31?,36?,37?,38?,41-,42+,43+/m0/s1. The van der Waals surface area contributed by atoms with E-state index in [0.717, 1.165) is 25.7 Å². The Morgan fingerprint density at radius 2 is 1.46 bits per heavy atom. The molecule has 0 amide bonds. The molecule has 5 heteroatoms. The predicted molar refractivity (Wildman–Crippen MR) is 212 cm³/mol. The van der Waals surface area contributed by atoms with Crippen molar-refractivity contribution in [2.75, 3.05) is 0 Å². The van der Waals surface area contributed by atoms with Gasteiger partial charge in [0.25, 0.3) is 0 Å². The van der Waals surface area contributed by atoms with Crippen LogP contribution in [0.25, 0.3) is 0 Å². The first-order valence-corrected chi connectivity index (χ1v) is 25.5. The van der Waals surface area contributed by atoms with E-state index in [1.54, 1.807) is 5.57 Å². The summed E-state index contributed by atoms with van der Waals surface area (Å²) < 4.78 is 14.2. The van der Waals surface area contributed by atoms with E-state index in [1.165, 1.54) is 43.3 Å². The Hall–Kier alpha value is -0.726. The van der Waals surface area contributed by atoms with Crippen LogP contribution in [0.5, 0.6) is 0 Å². The van der Waals surface area contributed by atoms with Gasteiger partial charge >= 0.3 is 0 Å². The largest absolute Gasteiger partial charge is 0.413 e. The van der Waals surface area contributed by atoms with Crippen LogP contribution in [-0.2, 0) is 8.85 Å². The molecule has 0 aromatic heterocycles. The molecule has 4 rings (SSSR count). The summed E-state index contributed by atoms with van der Waals surface area (Å²) in [5, 5.41) is 11.9. The van der Waals surface area contributed by atoms with Crippen molar-refractivity contribution >= 4 is 16.6 Å². The molecule has 0 aromatic carbocycles. The minimum absolute atomic E-state index is 0.00916. The zero-order valence-corrected chi connectivity index (χ0v) is 36.1. The number of aliphatic hydroxyl groups is 1. The van der Waals surface area contributed by atoms with Crippen LogP contribution in [0.3, 0.4) is 0 Å². The highest BCUT2D eigenvalue weighted by Crippen LogP contribution is 2.67. The number of hydrogen-bond donors (Lipinski definition) is 1. The Bertz CT molecular complexity index is 1270. The van der Waals surface area contributed by atoms with E-state index in [-0.39, 0.29) is 39.0 Å². The van der Waals surface area contributed by atoms with Crippen molar-refractivity contribution < 1.29 is 14.0 Å². The third-order valence-corrected chi connectivity index (χ3v) is 24.1. The Kier molecular flexibility index (Phi) is 11.4. The fourth-order valence-corrected chi connectivity index (χ4v) is 11.7. The molecule has 274 valence electrons. The average Bonchev–Trinajstić information content (AvgIpc) is 3.75. The van der Waals surface area contributed by atoms with Gasteiger partial charge < -0.3 is 14.0 Å². The van der Waals surface area contributed by atoms with Gasteiger partial charge in [-0.2, -0.15) is 0 Å². The van der Waals surface area contributed by atoms with Crippen molar-refractivity contribution in [1.29, 1.82) is 0 Å². The smallest absolute Gasteiger partial charge is 0.192 e. The molecule has 0 saturated heterocycles. The van der Waals surface area contributed by atoms with Crippen LogP contribution in [0.2, 0.25) is 36.3 Å². The van der Waals surface area contributed by atoms with E-state index in [0.29, 0.717) is 17.8 Å². The lowest BCUT2D eigenvalue weighted by atomic mass is 9.53. The van der Waals surface area contributed by atoms with E-state index < -0.39 is 22.2 Å². The second-order valence-electron chi connectivity index (χ2n) is 20.5. The first-order valence-electron chi connectivity index (χ1n) is 19.7. The Balaban J connectivity index is 1.63. The van der Waals surface area contributed by atoms with E-state index >= 15 is 0 Å². The second kappa shape index (κ2) is 13.7. The van der Waals surface area contributed by atoms with Gasteiger partial charge in [0.05, 0.1) is 17.8 Å². The lowest BCUT2D eigenvalue weighted by Crippen LogP contribution is -2.49. The third-order valence-electron chi connectivity index (χ3n) is 15.1. The lowest BCUT2D eigenvalue weighted by Gasteiger charge is -2.51. The average molecular weight is 697 g/mol. The van der Waals surface area contributed by atoms with Crippen LogP contribution in [0, 0.1) is 34.5 Å². The highest BCUT2D eigenvalue weighted by atomic mass is 28.4. The van der Waals surface area contributed by atoms with Gasteiger partial charge in [0.15, 0.2) is 16.6 Å². The van der Waals surface area contributed by atoms with E-state index in [4.69, 9.17) is 15.4 Å². The van der Waals surface area contributed by atoms with Crippen LogP contribution < -0.4 is 0 Å². The molecular weight excluding hydrogens is 621 g/mol. The number of allylic oxidation sites excluding steroid dienone is 4. The molecule has 0 radical (unpaired) electrons. The first-order chi connectivity index (χ1) is 21.8. The summed E-state index contributed by atoms with van der Waals surface area (Å²) in [5.41, 5.74) is 3.91. The van der Waals surface area contributed by atoms with Crippen molar-refractivity contribution in [2.45, 2.75) is 188 Å². The lowest BCUT2D eigenvalue weighted by molar-refractivity contribution is 0.0191. The van der Waals surface area contributed by atoms with Crippen LogP contribution >= 0.6 is 0 Å². The third kappa shape index (κ3) is 7.71. The van der Waals surface area contributed by atoms with Crippen molar-refractivity contribution in [3.05, 3.63) is 47.6 Å². The molecular formula is C43H76O3Si2. The number of fused-ring (bicyclic) bond motifs is 1. The maximum absolute atomic E-state index is 11.5. The molecule has 0 aromatic rings.